The summed E-state index contributed by atoms with van der Waals surface area (Å²) in [5.74, 6) is 1.41. The number of halogens is 1. The number of benzene rings is 2. The normalized spacial score (nSPS) is 27.9. The molecule has 4 aliphatic rings. The summed E-state index contributed by atoms with van der Waals surface area (Å²) in [4.78, 5) is 19.9. The minimum Gasteiger partial charge on any atom is -0.493 e. The molecule has 3 N–H and O–H groups in total. The van der Waals surface area contributed by atoms with Crippen LogP contribution in [0.15, 0.2) is 54.7 Å². The van der Waals surface area contributed by atoms with Gasteiger partial charge in [0, 0.05) is 47.8 Å². The highest BCUT2D eigenvalue weighted by Gasteiger charge is 2.54. The molecule has 1 aromatic heterocycles. The van der Waals surface area contributed by atoms with Crippen molar-refractivity contribution in [1.82, 2.24) is 9.88 Å². The fourth-order valence-electron chi connectivity index (χ4n) is 9.17. The Labute approximate surface area is 283 Å². The molecular formula is C39H48ClN3O4. The number of ether oxygens (including phenoxy) is 1. The lowest BCUT2D eigenvalue weighted by Gasteiger charge is -2.47. The Bertz CT molecular complexity index is 1610. The molecule has 2 fully saturated rings. The third-order valence-corrected chi connectivity index (χ3v) is 11.9. The Morgan fingerprint density at radius 3 is 2.70 bits per heavy atom. The Kier molecular flexibility index (Phi) is 9.01. The van der Waals surface area contributed by atoms with Crippen molar-refractivity contribution in [2.24, 2.45) is 11.8 Å². The van der Waals surface area contributed by atoms with Crippen molar-refractivity contribution in [3.63, 3.8) is 0 Å². The Morgan fingerprint density at radius 1 is 1.15 bits per heavy atom. The number of carbonyl (C=O) groups is 1. The van der Waals surface area contributed by atoms with Gasteiger partial charge in [0.05, 0.1) is 12.7 Å². The van der Waals surface area contributed by atoms with Gasteiger partial charge >= 0.3 is 5.97 Å². The molecule has 0 amide bonds. The number of hydrogen-bond acceptors (Lipinski definition) is 6. The van der Waals surface area contributed by atoms with Crippen molar-refractivity contribution >= 4 is 23.3 Å². The average molecular weight is 658 g/mol. The zero-order valence-corrected chi connectivity index (χ0v) is 28.4. The number of aliphatic hydroxyl groups is 1. The first-order chi connectivity index (χ1) is 22.6. The van der Waals surface area contributed by atoms with Gasteiger partial charge in [-0.1, -0.05) is 49.7 Å². The number of hydrogen-bond donors (Lipinski definition) is 3. The molecule has 2 heterocycles. The summed E-state index contributed by atoms with van der Waals surface area (Å²) < 4.78 is 6.57. The van der Waals surface area contributed by atoms with Crippen LogP contribution in [-0.4, -0.2) is 57.4 Å². The number of nitrogens with zero attached hydrogens (tertiary/aromatic N) is 2. The van der Waals surface area contributed by atoms with Gasteiger partial charge in [-0.05, 0) is 122 Å². The number of aryl methyl sites for hydroxylation is 1. The number of nitrogens with one attached hydrogen (secondary N) is 1. The standard InChI is InChI=1S/C39H48ClN3O4/c1-25(24-47-35-11-16-41-34-8-3-5-26(2)36(34)35)17-29-19-28-10-9-27(21-43-22-32(44)23-43)18-33(28)38(29)12-14-39(15-13-38,37(45)46)42-31-7-4-6-30(40)20-31/h4,6-7,9-11,16,18,20,25-26,29,32,42,44H,3,5,8,12-15,17,19,21-24H2,1-2H3,(H,45,46)/t25-,26-,29?,38?,39?/m1/s1. The van der Waals surface area contributed by atoms with Gasteiger partial charge in [-0.25, -0.2) is 4.79 Å². The molecule has 0 radical (unpaired) electrons. The molecule has 1 aliphatic heterocycles. The van der Waals surface area contributed by atoms with E-state index in [9.17, 15) is 15.0 Å². The number of pyridine rings is 1. The first-order valence-electron chi connectivity index (χ1n) is 17.5. The number of anilines is 1. The second-order valence-electron chi connectivity index (χ2n) is 15.0. The van der Waals surface area contributed by atoms with E-state index < -0.39 is 11.5 Å². The fourth-order valence-corrected chi connectivity index (χ4v) is 9.36. The number of fused-ring (bicyclic) bond motifs is 3. The van der Waals surface area contributed by atoms with Crippen molar-refractivity contribution in [2.75, 3.05) is 25.0 Å². The highest BCUT2D eigenvalue weighted by Crippen LogP contribution is 2.56. The van der Waals surface area contributed by atoms with Crippen LogP contribution in [0.3, 0.4) is 0 Å². The summed E-state index contributed by atoms with van der Waals surface area (Å²) >= 11 is 6.27. The van der Waals surface area contributed by atoms with Crippen LogP contribution in [0.1, 0.15) is 92.7 Å². The van der Waals surface area contributed by atoms with Crippen LogP contribution in [0.2, 0.25) is 5.02 Å². The molecule has 3 atom stereocenters. The molecule has 1 saturated carbocycles. The topological polar surface area (TPSA) is 94.9 Å². The second-order valence-corrected chi connectivity index (χ2v) is 15.5. The first kappa shape index (κ1) is 32.4. The summed E-state index contributed by atoms with van der Waals surface area (Å²) in [6, 6.07) is 16.4. The lowest BCUT2D eigenvalue weighted by Crippen LogP contribution is -2.53. The van der Waals surface area contributed by atoms with E-state index in [0.29, 0.717) is 42.2 Å². The Balaban J connectivity index is 1.12. The van der Waals surface area contributed by atoms with Gasteiger partial charge in [0.15, 0.2) is 0 Å². The molecule has 47 heavy (non-hydrogen) atoms. The van der Waals surface area contributed by atoms with E-state index in [-0.39, 0.29) is 11.5 Å². The van der Waals surface area contributed by atoms with Gasteiger partial charge in [-0.15, -0.1) is 0 Å². The van der Waals surface area contributed by atoms with Crippen LogP contribution in [0.4, 0.5) is 5.69 Å². The van der Waals surface area contributed by atoms with E-state index in [4.69, 9.17) is 16.3 Å². The molecule has 3 aromatic rings. The summed E-state index contributed by atoms with van der Waals surface area (Å²) in [5, 5.41) is 24.4. The highest BCUT2D eigenvalue weighted by atomic mass is 35.5. The second kappa shape index (κ2) is 13.1. The first-order valence-corrected chi connectivity index (χ1v) is 17.9. The molecule has 0 bridgehead atoms. The minimum atomic E-state index is -1.04. The van der Waals surface area contributed by atoms with Crippen molar-refractivity contribution in [3.8, 4) is 5.75 Å². The largest absolute Gasteiger partial charge is 0.493 e. The van der Waals surface area contributed by atoms with Gasteiger partial charge in [-0.2, -0.15) is 0 Å². The molecule has 1 unspecified atom stereocenters. The zero-order chi connectivity index (χ0) is 32.8. The summed E-state index contributed by atoms with van der Waals surface area (Å²) in [6.07, 6.45) is 9.78. The van der Waals surface area contributed by atoms with Gasteiger partial charge in [0.1, 0.15) is 11.3 Å². The maximum absolute atomic E-state index is 12.9. The average Bonchev–Trinajstić information content (AvgIpc) is 3.32. The SMILES string of the molecule is C[C@@H](COc1ccnc2c1[C@H](C)CCC2)CC1Cc2ccc(CN3CC(O)C3)cc2C12CCC(Nc1cccc(Cl)c1)(C(=O)O)CC2. The van der Waals surface area contributed by atoms with Gasteiger partial charge < -0.3 is 20.3 Å². The number of carboxylic acid groups (broad SMARTS) is 1. The van der Waals surface area contributed by atoms with E-state index in [2.05, 4.69) is 47.2 Å². The third-order valence-electron chi connectivity index (χ3n) is 11.7. The molecule has 3 aliphatic carbocycles. The summed E-state index contributed by atoms with van der Waals surface area (Å²) in [7, 11) is 0. The van der Waals surface area contributed by atoms with E-state index in [1.165, 1.54) is 40.8 Å². The molecule has 7 rings (SSSR count). The zero-order valence-electron chi connectivity index (χ0n) is 27.7. The molecule has 250 valence electrons. The minimum absolute atomic E-state index is 0.0899. The van der Waals surface area contributed by atoms with Crippen molar-refractivity contribution < 1.29 is 19.7 Å². The lowest BCUT2D eigenvalue weighted by molar-refractivity contribution is -0.144. The smallest absolute Gasteiger partial charge is 0.329 e. The Hall–Kier alpha value is -3.13. The third kappa shape index (κ3) is 6.39. The van der Waals surface area contributed by atoms with Crippen LogP contribution in [0.25, 0.3) is 0 Å². The van der Waals surface area contributed by atoms with Crippen molar-refractivity contribution in [2.45, 2.75) is 101 Å². The number of β-amino-alcohol motifs (C(OH)–C–C–N with tert-alkyl or cyclic N) is 1. The van der Waals surface area contributed by atoms with E-state index >= 15 is 0 Å². The van der Waals surface area contributed by atoms with E-state index in [1.807, 2.05) is 36.5 Å². The number of carboxylic acids is 1. The van der Waals surface area contributed by atoms with Crippen molar-refractivity contribution in [3.05, 3.63) is 87.7 Å². The van der Waals surface area contributed by atoms with E-state index in [1.54, 1.807) is 0 Å². The van der Waals surface area contributed by atoms with E-state index in [0.717, 1.165) is 63.2 Å². The predicted molar refractivity (Wildman–Crippen MR) is 185 cm³/mol. The number of aromatic nitrogens is 1. The van der Waals surface area contributed by atoms with Gasteiger partial charge in [-0.3, -0.25) is 9.88 Å². The van der Waals surface area contributed by atoms with Crippen LogP contribution < -0.4 is 10.1 Å². The monoisotopic (exact) mass is 657 g/mol. The maximum Gasteiger partial charge on any atom is 0.329 e. The van der Waals surface area contributed by atoms with Crippen molar-refractivity contribution in [1.29, 1.82) is 0 Å². The van der Waals surface area contributed by atoms with Gasteiger partial charge in [0.2, 0.25) is 0 Å². The molecule has 1 saturated heterocycles. The highest BCUT2D eigenvalue weighted by molar-refractivity contribution is 6.30. The van der Waals surface area contributed by atoms with Crippen LogP contribution >= 0.6 is 11.6 Å². The molecule has 1 spiro atoms. The molecule has 8 heteroatoms. The van der Waals surface area contributed by atoms with Crippen LogP contribution in [0, 0.1) is 11.8 Å². The fraction of sp³-hybridized carbons (Fsp3) is 0.538. The quantitative estimate of drug-likeness (QED) is 0.209. The number of aliphatic hydroxyl groups excluding tert-OH is 1. The molecule has 7 nitrogen and oxygen atoms in total. The Morgan fingerprint density at radius 2 is 1.96 bits per heavy atom. The lowest BCUT2D eigenvalue weighted by atomic mass is 9.59. The summed E-state index contributed by atoms with van der Waals surface area (Å²) in [5.41, 5.74) is 6.19. The number of aliphatic carboxylic acids is 1. The predicted octanol–water partition coefficient (Wildman–Crippen LogP) is 7.38. The molecular weight excluding hydrogens is 610 g/mol. The number of rotatable bonds is 10. The van der Waals surface area contributed by atoms with Gasteiger partial charge in [0.25, 0.3) is 0 Å². The number of likely N-dealkylation sites (tertiary alicyclic amines) is 1. The summed E-state index contributed by atoms with van der Waals surface area (Å²) in [6.45, 7) is 7.52. The maximum atomic E-state index is 12.9. The van der Waals surface area contributed by atoms with Crippen LogP contribution in [0.5, 0.6) is 5.75 Å². The van der Waals surface area contributed by atoms with Crippen LogP contribution in [-0.2, 0) is 29.6 Å². The molecule has 2 aromatic carbocycles.